The minimum atomic E-state index is 0. The maximum atomic E-state index is 10.4. The topological polar surface area (TPSA) is 37.3 Å². The van der Waals surface area contributed by atoms with Gasteiger partial charge in [-0.3, -0.25) is 4.79 Å². The zero-order valence-electron chi connectivity index (χ0n) is 5.13. The summed E-state index contributed by atoms with van der Waals surface area (Å²) in [5.41, 5.74) is 0.590. The number of hydrogen-bond acceptors (Lipinski definition) is 2. The average molecular weight is 339 g/mol. The van der Waals surface area contributed by atoms with Gasteiger partial charge in [0.15, 0.2) is 5.78 Å². The molecule has 1 saturated carbocycles. The molecule has 0 aromatic rings. The molecule has 1 aliphatic rings. The normalized spacial score (nSPS) is 24.8. The minimum absolute atomic E-state index is 0. The first-order valence-corrected chi connectivity index (χ1v) is 2.58. The van der Waals surface area contributed by atoms with Gasteiger partial charge in [0.25, 0.3) is 0 Å². The molecule has 0 amide bonds. The van der Waals surface area contributed by atoms with E-state index in [0.717, 1.165) is 0 Å². The van der Waals surface area contributed by atoms with E-state index >= 15 is 0 Å². The second-order valence-corrected chi connectivity index (χ2v) is 2.03. The second-order valence-electron chi connectivity index (χ2n) is 2.03. The third-order valence-corrected chi connectivity index (χ3v) is 1.50. The van der Waals surface area contributed by atoms with Crippen molar-refractivity contribution in [3.05, 3.63) is 12.2 Å². The monoisotopic (exact) mass is 339 g/mol. The molecule has 0 aromatic heterocycles. The first kappa shape index (κ1) is 9.81. The molecule has 0 aliphatic heterocycles. The molecule has 47 valence electrons. The predicted molar refractivity (Wildman–Crippen MR) is 29.3 cm³/mol. The van der Waals surface area contributed by atoms with E-state index in [1.807, 2.05) is 0 Å². The van der Waals surface area contributed by atoms with Gasteiger partial charge in [0.1, 0.15) is 0 Å². The van der Waals surface area contributed by atoms with Crippen LogP contribution in [0.2, 0.25) is 0 Å². The molecule has 0 aromatic carbocycles. The van der Waals surface area contributed by atoms with E-state index in [2.05, 4.69) is 6.58 Å². The van der Waals surface area contributed by atoms with Crippen molar-refractivity contribution in [2.75, 3.05) is 6.61 Å². The Labute approximate surface area is 89.9 Å². The second kappa shape index (κ2) is 3.85. The first-order valence-electron chi connectivity index (χ1n) is 2.58. The van der Waals surface area contributed by atoms with Crippen molar-refractivity contribution >= 4 is 5.78 Å². The Kier molecular flexibility index (Phi) is 4.20. The quantitative estimate of drug-likeness (QED) is 0.690. The Morgan fingerprint density at radius 3 is 2.44 bits per heavy atom. The van der Waals surface area contributed by atoms with Crippen LogP contribution in [0.1, 0.15) is 6.42 Å². The average Bonchev–Trinajstić information content (AvgIpc) is 1.81. The van der Waals surface area contributed by atoms with E-state index < -0.39 is 0 Å². The molecule has 1 radical (unpaired) electrons. The Morgan fingerprint density at radius 2 is 2.33 bits per heavy atom. The number of carbonyl (C=O) groups excluding carboxylic acids is 1. The molecule has 1 N–H and O–H groups in total. The van der Waals surface area contributed by atoms with Crippen molar-refractivity contribution in [3.63, 3.8) is 0 Å². The molecule has 9 heavy (non-hydrogen) atoms. The van der Waals surface area contributed by atoms with E-state index in [0.29, 0.717) is 12.0 Å². The summed E-state index contributed by atoms with van der Waals surface area (Å²) in [7, 11) is 0. The van der Waals surface area contributed by atoms with E-state index in [-0.39, 0.29) is 62.4 Å². The Morgan fingerprint density at radius 1 is 1.78 bits per heavy atom. The van der Waals surface area contributed by atoms with Crippen LogP contribution in [-0.2, 0) is 4.79 Å². The Balaban J connectivity index is 0.000000640. The summed E-state index contributed by atoms with van der Waals surface area (Å²) in [6, 6.07) is 0. The van der Waals surface area contributed by atoms with Gasteiger partial charge in [-0.15, -0.1) is 0 Å². The predicted octanol–water partition coefficient (Wildman–Crippen LogP) is 0.124. The first-order chi connectivity index (χ1) is 3.75. The Hall–Kier alpha value is 0.812. The smallest absolute Gasteiger partial charge is 0.159 e. The van der Waals surface area contributed by atoms with Crippen LogP contribution in [0.25, 0.3) is 0 Å². The number of hydrogen-bond donors (Lipinski definition) is 1. The summed E-state index contributed by atoms with van der Waals surface area (Å²) < 4.78 is 0. The van der Waals surface area contributed by atoms with Gasteiger partial charge in [0.2, 0.25) is 0 Å². The third kappa shape index (κ3) is 1.86. The number of ketones is 1. The molecular weight excluding hydrogens is 331 g/mol. The van der Waals surface area contributed by atoms with Gasteiger partial charge in [0, 0.05) is 56.4 Å². The summed E-state index contributed by atoms with van der Waals surface area (Å²) in [5, 5.41) is 8.46. The molecule has 1 atom stereocenters. The van der Waals surface area contributed by atoms with Crippen LogP contribution in [0, 0.1) is 50.0 Å². The summed E-state index contributed by atoms with van der Waals surface area (Å²) in [5.74, 6) is 0.173. The van der Waals surface area contributed by atoms with Crippen LogP contribution in [0.3, 0.4) is 0 Å². The van der Waals surface area contributed by atoms with E-state index in [4.69, 9.17) is 5.11 Å². The molecule has 0 bridgehead atoms. The van der Waals surface area contributed by atoms with E-state index in [9.17, 15) is 4.79 Å². The fourth-order valence-corrected chi connectivity index (χ4v) is 0.749. The minimum Gasteiger partial charge on any atom is -0.396 e. The zero-order valence-corrected chi connectivity index (χ0v) is 9.88. The zero-order chi connectivity index (χ0) is 6.15. The summed E-state index contributed by atoms with van der Waals surface area (Å²) >= 11 is 0. The standard InChI is InChI=1S/C6H8O2.Ac/c1-4-5(3-7)2-6(4)8;/h5,7H,1-3H2;/t5-;/m0./s1. The SMILES string of the molecule is C=C1C(=O)C[C@H]1CO.[Ac]. The molecular formula is C6H8AcO2. The van der Waals surface area contributed by atoms with Crippen LogP contribution < -0.4 is 0 Å². The molecule has 3 heteroatoms. The van der Waals surface area contributed by atoms with Crippen molar-refractivity contribution in [2.45, 2.75) is 6.42 Å². The maximum Gasteiger partial charge on any atom is 0.159 e. The van der Waals surface area contributed by atoms with Crippen molar-refractivity contribution in [3.8, 4) is 0 Å². The molecule has 2 nitrogen and oxygen atoms in total. The molecule has 0 saturated heterocycles. The molecule has 1 rings (SSSR count). The number of aliphatic hydroxyl groups excluding tert-OH is 1. The van der Waals surface area contributed by atoms with Crippen molar-refractivity contribution in [2.24, 2.45) is 5.92 Å². The van der Waals surface area contributed by atoms with Gasteiger partial charge in [-0.05, 0) is 5.57 Å². The van der Waals surface area contributed by atoms with Gasteiger partial charge in [0.05, 0.1) is 6.61 Å². The van der Waals surface area contributed by atoms with Gasteiger partial charge in [-0.2, -0.15) is 0 Å². The molecule has 0 unspecified atom stereocenters. The largest absolute Gasteiger partial charge is 0.396 e. The molecule has 0 heterocycles. The van der Waals surface area contributed by atoms with Crippen LogP contribution in [0.15, 0.2) is 12.2 Å². The summed E-state index contributed by atoms with van der Waals surface area (Å²) in [6.45, 7) is 3.56. The number of Topliss-reactive ketones (excluding diaryl/α,β-unsaturated/α-hetero) is 1. The van der Waals surface area contributed by atoms with E-state index in [1.165, 1.54) is 0 Å². The fourth-order valence-electron chi connectivity index (χ4n) is 0.749. The maximum absolute atomic E-state index is 10.4. The molecule has 1 aliphatic carbocycles. The van der Waals surface area contributed by atoms with Gasteiger partial charge in [-0.25, -0.2) is 0 Å². The van der Waals surface area contributed by atoms with Crippen molar-refractivity contribution in [1.29, 1.82) is 0 Å². The Bertz CT molecular complexity index is 142. The van der Waals surface area contributed by atoms with Gasteiger partial charge in [-0.1, -0.05) is 6.58 Å². The van der Waals surface area contributed by atoms with Crippen molar-refractivity contribution in [1.82, 2.24) is 0 Å². The summed E-state index contributed by atoms with van der Waals surface area (Å²) in [4.78, 5) is 10.4. The number of rotatable bonds is 1. The van der Waals surface area contributed by atoms with Crippen LogP contribution in [-0.4, -0.2) is 17.5 Å². The number of aliphatic hydroxyl groups is 1. The van der Waals surface area contributed by atoms with Crippen LogP contribution in [0.4, 0.5) is 0 Å². The number of carbonyl (C=O) groups is 1. The molecule has 1 fully saturated rings. The van der Waals surface area contributed by atoms with E-state index in [1.54, 1.807) is 0 Å². The van der Waals surface area contributed by atoms with Crippen molar-refractivity contribution < 1.29 is 54.0 Å². The molecule has 0 spiro atoms. The fraction of sp³-hybridized carbons (Fsp3) is 0.500. The van der Waals surface area contributed by atoms with Gasteiger partial charge < -0.3 is 5.11 Å². The van der Waals surface area contributed by atoms with Gasteiger partial charge >= 0.3 is 0 Å². The van der Waals surface area contributed by atoms with Crippen LogP contribution >= 0.6 is 0 Å². The van der Waals surface area contributed by atoms with Crippen LogP contribution in [0.5, 0.6) is 0 Å². The third-order valence-electron chi connectivity index (χ3n) is 1.50. The summed E-state index contributed by atoms with van der Waals surface area (Å²) in [6.07, 6.45) is 0.495.